The molecule has 3 fully saturated rings. The number of Topliss-reactive ketones (excluding diaryl/α,β-unsaturated/α-hetero) is 1. The number of carbonyl (C=O) groups excluding carboxylic acids is 5. The van der Waals surface area contributed by atoms with Crippen LogP contribution < -0.4 is 10.6 Å². The molecule has 0 unspecified atom stereocenters. The number of carboxylic acids is 1. The molecule has 0 heterocycles. The number of aliphatic hydroxyl groups is 2. The van der Waals surface area contributed by atoms with Gasteiger partial charge in [0.15, 0.2) is 12.4 Å². The van der Waals surface area contributed by atoms with Crippen LogP contribution in [0.3, 0.4) is 0 Å². The number of ether oxygens (including phenoxy) is 1. The zero-order chi connectivity index (χ0) is 37.3. The van der Waals surface area contributed by atoms with Gasteiger partial charge in [-0.3, -0.25) is 24.0 Å². The van der Waals surface area contributed by atoms with Gasteiger partial charge in [0.2, 0.25) is 17.6 Å². The first kappa shape index (κ1) is 38.3. The third kappa shape index (κ3) is 7.53. The maximum absolute atomic E-state index is 13.6. The van der Waals surface area contributed by atoms with Gasteiger partial charge in [0.05, 0.1) is 12.5 Å². The minimum Gasteiger partial charge on any atom is -0.480 e. The van der Waals surface area contributed by atoms with Crippen molar-refractivity contribution in [3.8, 4) is 0 Å². The Bertz CT molecular complexity index is 1570. The molecular weight excluding hydrogens is 656 g/mol. The average Bonchev–Trinajstić information content (AvgIpc) is 3.35. The fourth-order valence-corrected chi connectivity index (χ4v) is 9.80. The molecule has 5 rings (SSSR count). The van der Waals surface area contributed by atoms with Crippen molar-refractivity contribution in [2.75, 3.05) is 6.61 Å². The molecule has 1 aromatic carbocycles. The number of amides is 2. The van der Waals surface area contributed by atoms with E-state index in [4.69, 9.17) is 4.74 Å². The normalized spacial score (nSPS) is 32.4. The Balaban J connectivity index is 1.13. The summed E-state index contributed by atoms with van der Waals surface area (Å²) in [4.78, 5) is 76.1. The maximum Gasteiger partial charge on any atom is 0.326 e. The van der Waals surface area contributed by atoms with Crippen LogP contribution in [0, 0.1) is 34.5 Å². The van der Waals surface area contributed by atoms with Crippen LogP contribution >= 0.6 is 0 Å². The lowest BCUT2D eigenvalue weighted by Gasteiger charge is -2.60. The van der Waals surface area contributed by atoms with Crippen molar-refractivity contribution in [3.05, 3.63) is 47.5 Å². The number of ketones is 2. The van der Waals surface area contributed by atoms with Crippen LogP contribution in [0.25, 0.3) is 0 Å². The van der Waals surface area contributed by atoms with Crippen molar-refractivity contribution in [2.24, 2.45) is 34.5 Å². The van der Waals surface area contributed by atoms with Crippen LogP contribution in [0.4, 0.5) is 0 Å². The van der Waals surface area contributed by atoms with E-state index in [2.05, 4.69) is 17.6 Å². The highest BCUT2D eigenvalue weighted by molar-refractivity contribution is 5.93. The largest absolute Gasteiger partial charge is 0.480 e. The second kappa shape index (κ2) is 15.0. The third-order valence-electron chi connectivity index (χ3n) is 12.6. The molecule has 4 aliphatic rings. The Morgan fingerprint density at radius 1 is 0.980 bits per heavy atom. The Morgan fingerprint density at radius 2 is 1.69 bits per heavy atom. The molecule has 51 heavy (non-hydrogen) atoms. The quantitative estimate of drug-likeness (QED) is 0.190. The Kier molecular flexibility index (Phi) is 11.3. The topological polar surface area (TPSA) is 196 Å². The number of aliphatic hydroxyl groups excluding tert-OH is 1. The molecule has 278 valence electrons. The van der Waals surface area contributed by atoms with Gasteiger partial charge in [0, 0.05) is 24.7 Å². The molecule has 0 radical (unpaired) electrons. The standard InChI is InChI=1S/C39H52N2O10/c1-22(2)34(35(47)40-28(36(48)49)18-23-8-6-5-7-9-23)41-31(45)12-13-32(46)51-21-30(44)39(50)17-15-27-26-11-10-24-19-25(42)14-16-37(24,3)33(26)29(43)20-38(27,39)4/h5-9,19,22,26-29,33-34,43,50H,10-18,20-21H2,1-4H3,(H,40,47)(H,41,45)(H,48,49)/t26-,27+,28+,29-,33-,34-,37-,38-,39-/m0/s1. The number of allylic oxidation sites excluding steroid dienone is 1. The third-order valence-corrected chi connectivity index (χ3v) is 12.6. The van der Waals surface area contributed by atoms with Crippen molar-refractivity contribution in [3.63, 3.8) is 0 Å². The summed E-state index contributed by atoms with van der Waals surface area (Å²) in [5.74, 6) is -4.25. The maximum atomic E-state index is 13.6. The van der Waals surface area contributed by atoms with Gasteiger partial charge in [-0.1, -0.05) is 63.6 Å². The van der Waals surface area contributed by atoms with E-state index in [1.807, 2.05) is 6.92 Å². The number of nitrogens with one attached hydrogen (secondary N) is 2. The van der Waals surface area contributed by atoms with E-state index in [1.54, 1.807) is 50.3 Å². The van der Waals surface area contributed by atoms with E-state index in [0.29, 0.717) is 19.3 Å². The summed E-state index contributed by atoms with van der Waals surface area (Å²) in [5.41, 5.74) is -1.20. The second-order valence-electron chi connectivity index (χ2n) is 15.9. The van der Waals surface area contributed by atoms with Gasteiger partial charge in [0.1, 0.15) is 17.7 Å². The molecule has 4 aliphatic carbocycles. The van der Waals surface area contributed by atoms with Crippen molar-refractivity contribution in [1.29, 1.82) is 0 Å². The molecule has 12 nitrogen and oxygen atoms in total. The zero-order valence-corrected chi connectivity index (χ0v) is 30.0. The zero-order valence-electron chi connectivity index (χ0n) is 30.0. The molecule has 9 atom stereocenters. The highest BCUT2D eigenvalue weighted by Crippen LogP contribution is 2.67. The fraction of sp³-hybridized carbons (Fsp3) is 0.641. The summed E-state index contributed by atoms with van der Waals surface area (Å²) in [6.45, 7) is 6.71. The number of carbonyl (C=O) groups is 6. The summed E-state index contributed by atoms with van der Waals surface area (Å²) < 4.78 is 5.25. The van der Waals surface area contributed by atoms with Crippen molar-refractivity contribution in [2.45, 2.75) is 116 Å². The number of fused-ring (bicyclic) bond motifs is 5. The molecule has 3 saturated carbocycles. The van der Waals surface area contributed by atoms with E-state index in [-0.39, 0.29) is 61.1 Å². The number of carboxylic acid groups (broad SMARTS) is 1. The van der Waals surface area contributed by atoms with Gasteiger partial charge >= 0.3 is 11.9 Å². The van der Waals surface area contributed by atoms with Gasteiger partial charge in [0.25, 0.3) is 0 Å². The summed E-state index contributed by atoms with van der Waals surface area (Å²) >= 11 is 0. The number of hydrogen-bond acceptors (Lipinski definition) is 9. The lowest BCUT2D eigenvalue weighted by molar-refractivity contribution is -0.184. The molecule has 5 N–H and O–H groups in total. The van der Waals surface area contributed by atoms with Gasteiger partial charge in [-0.2, -0.15) is 0 Å². The van der Waals surface area contributed by atoms with E-state index >= 15 is 0 Å². The molecule has 0 aliphatic heterocycles. The van der Waals surface area contributed by atoms with Crippen LogP contribution in [0.15, 0.2) is 42.0 Å². The molecule has 0 aromatic heterocycles. The van der Waals surface area contributed by atoms with Crippen molar-refractivity contribution >= 4 is 35.3 Å². The summed E-state index contributed by atoms with van der Waals surface area (Å²) in [6.07, 6.45) is 3.98. The van der Waals surface area contributed by atoms with Crippen LogP contribution in [0.5, 0.6) is 0 Å². The summed E-state index contributed by atoms with van der Waals surface area (Å²) in [6, 6.07) is 6.57. The van der Waals surface area contributed by atoms with E-state index in [9.17, 15) is 44.1 Å². The Morgan fingerprint density at radius 3 is 2.35 bits per heavy atom. The SMILES string of the molecule is CC(C)[C@H](NC(=O)CCC(=O)OCC(=O)[C@@]1(O)CC[C@@H]2[C@@H]3CCC4=CC(=O)CC[C@]4(C)[C@@H]3[C@@H](O)C[C@@]21C)C(=O)N[C@H](Cc1ccccc1)C(=O)O. The highest BCUT2D eigenvalue weighted by atomic mass is 16.5. The molecule has 0 bridgehead atoms. The number of benzene rings is 1. The van der Waals surface area contributed by atoms with Crippen LogP contribution in [0.2, 0.25) is 0 Å². The highest BCUT2D eigenvalue weighted by Gasteiger charge is 2.68. The van der Waals surface area contributed by atoms with E-state index in [1.165, 1.54) is 0 Å². The molecule has 0 saturated heterocycles. The first-order valence-corrected chi connectivity index (χ1v) is 18.2. The minimum absolute atomic E-state index is 0.0227. The summed E-state index contributed by atoms with van der Waals surface area (Å²) in [5, 5.41) is 38.3. The first-order chi connectivity index (χ1) is 24.0. The monoisotopic (exact) mass is 708 g/mol. The predicted octanol–water partition coefficient (Wildman–Crippen LogP) is 3.07. The van der Waals surface area contributed by atoms with Gasteiger partial charge in [-0.05, 0) is 79.3 Å². The first-order valence-electron chi connectivity index (χ1n) is 18.2. The molecule has 2 amide bonds. The van der Waals surface area contributed by atoms with Gasteiger partial charge in [-0.25, -0.2) is 4.79 Å². The van der Waals surface area contributed by atoms with Crippen LogP contribution in [0.1, 0.15) is 91.0 Å². The van der Waals surface area contributed by atoms with Crippen molar-refractivity contribution < 1.29 is 48.8 Å². The van der Waals surface area contributed by atoms with Crippen LogP contribution in [-0.4, -0.2) is 81.0 Å². The molecule has 12 heteroatoms. The Labute approximate surface area is 298 Å². The number of rotatable bonds is 13. The average molecular weight is 709 g/mol. The van der Waals surface area contributed by atoms with E-state index < -0.39 is 71.3 Å². The summed E-state index contributed by atoms with van der Waals surface area (Å²) in [7, 11) is 0. The smallest absolute Gasteiger partial charge is 0.326 e. The molecule has 0 spiro atoms. The molecular formula is C39H52N2O10. The molecule has 1 aromatic rings. The lowest BCUT2D eigenvalue weighted by Crippen LogP contribution is -2.62. The van der Waals surface area contributed by atoms with Crippen LogP contribution in [-0.2, 0) is 39.9 Å². The Hall–Kier alpha value is -3.90. The second-order valence-corrected chi connectivity index (χ2v) is 15.9. The van der Waals surface area contributed by atoms with Gasteiger partial charge < -0.3 is 30.7 Å². The van der Waals surface area contributed by atoms with Gasteiger partial charge in [-0.15, -0.1) is 0 Å². The van der Waals surface area contributed by atoms with Crippen molar-refractivity contribution in [1.82, 2.24) is 10.6 Å². The number of esters is 1. The minimum atomic E-state index is -1.80. The van der Waals surface area contributed by atoms with E-state index in [0.717, 1.165) is 24.0 Å². The predicted molar refractivity (Wildman–Crippen MR) is 185 cm³/mol. The lowest BCUT2D eigenvalue weighted by atomic mass is 9.45. The fourth-order valence-electron chi connectivity index (χ4n) is 9.80. The number of hydrogen-bond donors (Lipinski definition) is 5. The number of aliphatic carboxylic acids is 1.